The molecule has 1 saturated carbocycles. The molecular formula is C19H34N4O3S. The van der Waals surface area contributed by atoms with Gasteiger partial charge >= 0.3 is 0 Å². The molecule has 27 heavy (non-hydrogen) atoms. The van der Waals surface area contributed by atoms with E-state index in [2.05, 4.69) is 18.9 Å². The van der Waals surface area contributed by atoms with E-state index in [-0.39, 0.29) is 23.1 Å². The Hall–Kier alpha value is -0.960. The first-order valence-corrected chi connectivity index (χ1v) is 11.6. The maximum absolute atomic E-state index is 13.1. The number of sulfonamides is 1. The molecule has 2 aliphatic rings. The first-order valence-electron chi connectivity index (χ1n) is 10.2. The molecule has 0 unspecified atom stereocenters. The highest BCUT2D eigenvalue weighted by Gasteiger charge is 2.39. The lowest BCUT2D eigenvalue weighted by Crippen LogP contribution is -2.56. The van der Waals surface area contributed by atoms with Gasteiger partial charge in [0.2, 0.25) is 10.0 Å². The molecule has 2 N–H and O–H groups in total. The Balaban J connectivity index is 1.65. The minimum atomic E-state index is -3.61. The first kappa shape index (κ1) is 20.8. The van der Waals surface area contributed by atoms with Crippen molar-refractivity contribution in [1.29, 1.82) is 0 Å². The zero-order valence-corrected chi connectivity index (χ0v) is 17.6. The third kappa shape index (κ3) is 4.72. The third-order valence-electron chi connectivity index (χ3n) is 6.23. The second-order valence-electron chi connectivity index (χ2n) is 8.45. The van der Waals surface area contributed by atoms with Crippen LogP contribution in [0.2, 0.25) is 0 Å². The summed E-state index contributed by atoms with van der Waals surface area (Å²) >= 11 is 0. The van der Waals surface area contributed by atoms with E-state index in [0.717, 1.165) is 37.5 Å². The third-order valence-corrected chi connectivity index (χ3v) is 8.11. The van der Waals surface area contributed by atoms with Crippen molar-refractivity contribution in [3.8, 4) is 0 Å². The first-order chi connectivity index (χ1) is 12.8. The Kier molecular flexibility index (Phi) is 6.61. The standard InChI is InChI=1S/C19H34N4O3S/c1-14(2)15-6-8-16(9-7-15)26-13-19-18(20)5-4-10-23(19)27(24,25)17-11-21-22(3)12-17/h11-12,14-16,18-19H,4-10,13,20H2,1-3H3/t15?,16?,18-,19-/m0/s1. The highest BCUT2D eigenvalue weighted by atomic mass is 32.2. The van der Waals surface area contributed by atoms with Gasteiger partial charge in [0, 0.05) is 25.8 Å². The number of hydrogen-bond acceptors (Lipinski definition) is 5. The molecule has 7 nitrogen and oxygen atoms in total. The van der Waals surface area contributed by atoms with E-state index in [1.165, 1.54) is 28.0 Å². The number of nitrogens with zero attached hydrogens (tertiary/aromatic N) is 3. The molecule has 1 saturated heterocycles. The van der Waals surface area contributed by atoms with E-state index in [1.807, 2.05) is 0 Å². The molecule has 0 bridgehead atoms. The minimum absolute atomic E-state index is 0.197. The number of ether oxygens (including phenoxy) is 1. The van der Waals surface area contributed by atoms with Gasteiger partial charge in [0.1, 0.15) is 4.90 Å². The molecule has 1 aromatic heterocycles. The van der Waals surface area contributed by atoms with Gasteiger partial charge in [-0.05, 0) is 50.4 Å². The molecular weight excluding hydrogens is 364 g/mol. The van der Waals surface area contributed by atoms with Gasteiger partial charge in [-0.25, -0.2) is 8.42 Å². The Morgan fingerprint density at radius 1 is 1.26 bits per heavy atom. The number of aryl methyl sites for hydroxylation is 1. The van der Waals surface area contributed by atoms with Crippen LogP contribution in [-0.2, 0) is 21.8 Å². The molecule has 1 aliphatic heterocycles. The molecule has 2 heterocycles. The van der Waals surface area contributed by atoms with E-state index in [9.17, 15) is 8.42 Å². The summed E-state index contributed by atoms with van der Waals surface area (Å²) < 4.78 is 35.4. The van der Waals surface area contributed by atoms with Crippen LogP contribution in [0.15, 0.2) is 17.3 Å². The predicted octanol–water partition coefficient (Wildman–Crippen LogP) is 2.13. The van der Waals surface area contributed by atoms with Crippen molar-refractivity contribution in [2.24, 2.45) is 24.6 Å². The van der Waals surface area contributed by atoms with E-state index < -0.39 is 10.0 Å². The highest BCUT2D eigenvalue weighted by molar-refractivity contribution is 7.89. The largest absolute Gasteiger partial charge is 0.376 e. The summed E-state index contributed by atoms with van der Waals surface area (Å²) in [5.74, 6) is 1.50. The lowest BCUT2D eigenvalue weighted by Gasteiger charge is -2.39. The van der Waals surface area contributed by atoms with Crippen molar-refractivity contribution in [2.45, 2.75) is 75.5 Å². The Labute approximate surface area is 163 Å². The minimum Gasteiger partial charge on any atom is -0.376 e. The van der Waals surface area contributed by atoms with Crippen molar-refractivity contribution >= 4 is 10.0 Å². The zero-order valence-electron chi connectivity index (χ0n) is 16.8. The lowest BCUT2D eigenvalue weighted by molar-refractivity contribution is -0.0161. The van der Waals surface area contributed by atoms with Crippen LogP contribution in [0.5, 0.6) is 0 Å². The molecule has 2 fully saturated rings. The fourth-order valence-electron chi connectivity index (χ4n) is 4.38. The smallest absolute Gasteiger partial charge is 0.246 e. The van der Waals surface area contributed by atoms with E-state index in [1.54, 1.807) is 13.2 Å². The molecule has 1 aliphatic carbocycles. The van der Waals surface area contributed by atoms with E-state index in [4.69, 9.17) is 10.5 Å². The molecule has 154 valence electrons. The second-order valence-corrected chi connectivity index (χ2v) is 10.3. The lowest BCUT2D eigenvalue weighted by atomic mass is 9.80. The Morgan fingerprint density at radius 3 is 2.56 bits per heavy atom. The summed E-state index contributed by atoms with van der Waals surface area (Å²) in [4.78, 5) is 0.224. The normalized spacial score (nSPS) is 30.7. The summed E-state index contributed by atoms with van der Waals surface area (Å²) in [6, 6.07) is -0.510. The molecule has 0 spiro atoms. The Bertz CT molecular complexity index is 710. The van der Waals surface area contributed by atoms with E-state index in [0.29, 0.717) is 13.2 Å². The molecule has 3 rings (SSSR count). The molecule has 8 heteroatoms. The quantitative estimate of drug-likeness (QED) is 0.793. The van der Waals surface area contributed by atoms with Gasteiger partial charge < -0.3 is 10.5 Å². The van der Waals surface area contributed by atoms with Crippen molar-refractivity contribution in [3.05, 3.63) is 12.4 Å². The summed E-state index contributed by atoms with van der Waals surface area (Å²) in [7, 11) is -1.89. The van der Waals surface area contributed by atoms with Gasteiger partial charge in [-0.1, -0.05) is 13.8 Å². The SMILES string of the molecule is CC(C)C1CCC(OC[C@H]2[C@@H](N)CCCN2S(=O)(=O)c2cnn(C)c2)CC1. The van der Waals surface area contributed by atoms with Gasteiger partial charge in [-0.15, -0.1) is 0 Å². The van der Waals surface area contributed by atoms with Crippen molar-refractivity contribution in [1.82, 2.24) is 14.1 Å². The molecule has 0 aromatic carbocycles. The van der Waals surface area contributed by atoms with Gasteiger partial charge in [0.25, 0.3) is 0 Å². The number of nitrogens with two attached hydrogens (primary N) is 1. The van der Waals surface area contributed by atoms with Gasteiger partial charge in [-0.2, -0.15) is 9.40 Å². The van der Waals surface area contributed by atoms with Crippen LogP contribution in [0.1, 0.15) is 52.4 Å². The number of rotatable bonds is 6. The summed E-state index contributed by atoms with van der Waals surface area (Å²) in [6.07, 6.45) is 9.26. The summed E-state index contributed by atoms with van der Waals surface area (Å²) in [5, 5.41) is 4.01. The average Bonchev–Trinajstić information content (AvgIpc) is 3.08. The average molecular weight is 399 g/mol. The highest BCUT2D eigenvalue weighted by Crippen LogP contribution is 2.32. The summed E-state index contributed by atoms with van der Waals surface area (Å²) in [5.41, 5.74) is 6.32. The van der Waals surface area contributed by atoms with Gasteiger partial charge in [-0.3, -0.25) is 4.68 Å². The fraction of sp³-hybridized carbons (Fsp3) is 0.842. The van der Waals surface area contributed by atoms with Crippen LogP contribution in [-0.4, -0.2) is 53.8 Å². The van der Waals surface area contributed by atoms with Crippen LogP contribution < -0.4 is 5.73 Å². The van der Waals surface area contributed by atoms with Crippen molar-refractivity contribution < 1.29 is 13.2 Å². The maximum Gasteiger partial charge on any atom is 0.246 e. The van der Waals surface area contributed by atoms with Crippen LogP contribution in [0.4, 0.5) is 0 Å². The second kappa shape index (κ2) is 8.59. The topological polar surface area (TPSA) is 90.4 Å². The van der Waals surface area contributed by atoms with Gasteiger partial charge in [0.05, 0.1) is 24.9 Å². The Morgan fingerprint density at radius 2 is 1.96 bits per heavy atom. The zero-order chi connectivity index (χ0) is 19.6. The van der Waals surface area contributed by atoms with Crippen LogP contribution in [0, 0.1) is 11.8 Å². The van der Waals surface area contributed by atoms with Crippen LogP contribution >= 0.6 is 0 Å². The fourth-order valence-corrected chi connectivity index (χ4v) is 6.06. The number of aromatic nitrogens is 2. The van der Waals surface area contributed by atoms with Crippen molar-refractivity contribution in [2.75, 3.05) is 13.2 Å². The number of hydrogen-bond donors (Lipinski definition) is 1. The van der Waals surface area contributed by atoms with Crippen LogP contribution in [0.25, 0.3) is 0 Å². The van der Waals surface area contributed by atoms with Crippen molar-refractivity contribution in [3.63, 3.8) is 0 Å². The molecule has 1 aromatic rings. The van der Waals surface area contributed by atoms with E-state index >= 15 is 0 Å². The predicted molar refractivity (Wildman–Crippen MR) is 105 cm³/mol. The monoisotopic (exact) mass is 398 g/mol. The molecule has 0 radical (unpaired) electrons. The maximum atomic E-state index is 13.1. The number of piperidine rings is 1. The summed E-state index contributed by atoms with van der Waals surface area (Å²) in [6.45, 7) is 5.43. The molecule has 2 atom stereocenters. The molecule has 0 amide bonds. The van der Waals surface area contributed by atoms with Gasteiger partial charge in [0.15, 0.2) is 0 Å². The van der Waals surface area contributed by atoms with Crippen LogP contribution in [0.3, 0.4) is 0 Å².